The van der Waals surface area contributed by atoms with Crippen molar-refractivity contribution in [1.29, 1.82) is 0 Å². The topological polar surface area (TPSA) is 118 Å². The van der Waals surface area contributed by atoms with Crippen molar-refractivity contribution in [1.82, 2.24) is 19.8 Å². The molecule has 32 heavy (non-hydrogen) atoms. The largest absolute Gasteiger partial charge is 0.337 e. The van der Waals surface area contributed by atoms with Gasteiger partial charge in [0.1, 0.15) is 6.04 Å². The normalized spacial score (nSPS) is 15.5. The van der Waals surface area contributed by atoms with Gasteiger partial charge in [-0.05, 0) is 55.2 Å². The van der Waals surface area contributed by atoms with Crippen LogP contribution in [0.3, 0.4) is 0 Å². The molecule has 0 saturated carbocycles. The molecule has 1 atom stereocenters. The number of nitrogens with zero attached hydrogens (tertiary/aromatic N) is 4. The molecule has 2 aromatic heterocycles. The van der Waals surface area contributed by atoms with E-state index in [1.165, 1.54) is 6.07 Å². The van der Waals surface area contributed by atoms with E-state index in [1.807, 2.05) is 13.8 Å². The van der Waals surface area contributed by atoms with Crippen molar-refractivity contribution in [2.24, 2.45) is 5.92 Å². The summed E-state index contributed by atoms with van der Waals surface area (Å²) in [6, 6.07) is 7.73. The fourth-order valence-electron chi connectivity index (χ4n) is 3.71. The first kappa shape index (κ1) is 22.1. The van der Waals surface area contributed by atoms with Gasteiger partial charge in [0, 0.05) is 36.6 Å². The van der Waals surface area contributed by atoms with Crippen LogP contribution in [0.25, 0.3) is 11.4 Å². The van der Waals surface area contributed by atoms with E-state index >= 15 is 0 Å². The first-order valence-corrected chi connectivity index (χ1v) is 11.9. The highest BCUT2D eigenvalue weighted by atomic mass is 32.2. The van der Waals surface area contributed by atoms with Crippen LogP contribution in [-0.2, 0) is 14.8 Å². The van der Waals surface area contributed by atoms with Crippen LogP contribution in [0.5, 0.6) is 0 Å². The lowest BCUT2D eigenvalue weighted by atomic mass is 10.1. The molecule has 1 aromatic carbocycles. The third kappa shape index (κ3) is 4.42. The van der Waals surface area contributed by atoms with E-state index in [4.69, 9.17) is 4.52 Å². The Morgan fingerprint density at radius 3 is 2.53 bits per heavy atom. The predicted molar refractivity (Wildman–Crippen MR) is 118 cm³/mol. The average molecular weight is 456 g/mol. The molecule has 1 amide bonds. The zero-order chi connectivity index (χ0) is 22.9. The van der Waals surface area contributed by atoms with Gasteiger partial charge in [-0.2, -0.15) is 9.71 Å². The van der Waals surface area contributed by atoms with E-state index in [9.17, 15) is 13.2 Å². The fraction of sp³-hybridized carbons (Fsp3) is 0.364. The lowest BCUT2D eigenvalue weighted by Gasteiger charge is -2.21. The summed E-state index contributed by atoms with van der Waals surface area (Å²) in [6.45, 7) is 6.11. The summed E-state index contributed by atoms with van der Waals surface area (Å²) >= 11 is 0. The number of aromatic nitrogens is 3. The summed E-state index contributed by atoms with van der Waals surface area (Å²) in [5.41, 5.74) is 1.99. The van der Waals surface area contributed by atoms with Crippen molar-refractivity contribution < 1.29 is 17.7 Å². The highest BCUT2D eigenvalue weighted by molar-refractivity contribution is 7.89. The summed E-state index contributed by atoms with van der Waals surface area (Å²) in [5.74, 6) is 0.465. The van der Waals surface area contributed by atoms with Crippen LogP contribution in [0.2, 0.25) is 0 Å². The Kier molecular flexibility index (Phi) is 6.07. The summed E-state index contributed by atoms with van der Waals surface area (Å²) < 4.78 is 34.6. The van der Waals surface area contributed by atoms with Gasteiger partial charge >= 0.3 is 0 Å². The highest BCUT2D eigenvalue weighted by Crippen LogP contribution is 2.29. The maximum atomic E-state index is 13.2. The number of amides is 1. The maximum Gasteiger partial charge on any atom is 0.245 e. The van der Waals surface area contributed by atoms with Gasteiger partial charge in [0.15, 0.2) is 0 Å². The molecular formula is C22H25N5O4S. The number of carbonyl (C=O) groups excluding carboxylic acids is 1. The number of anilines is 1. The Bertz CT molecular complexity index is 1220. The van der Waals surface area contributed by atoms with Gasteiger partial charge in [-0.25, -0.2) is 8.42 Å². The molecule has 0 aliphatic carbocycles. The number of pyridine rings is 1. The Balaban J connectivity index is 1.59. The third-order valence-electron chi connectivity index (χ3n) is 5.43. The van der Waals surface area contributed by atoms with Gasteiger partial charge in [0.2, 0.25) is 27.6 Å². The molecule has 168 valence electrons. The van der Waals surface area contributed by atoms with Crippen LogP contribution in [0, 0.1) is 12.8 Å². The maximum absolute atomic E-state index is 13.2. The minimum atomic E-state index is -3.88. The van der Waals surface area contributed by atoms with Crippen molar-refractivity contribution >= 4 is 21.6 Å². The standard InChI is InChI=1S/C22H25N5O4S/c1-14(2)20(22-24-21(25-31-22)16-8-10-23-11-9-16)26-32(29,30)18-7-6-17(13-15(18)3)27-12-4-5-19(27)28/h6-11,13-14,20,26H,4-5,12H2,1-3H3. The number of hydrogen-bond acceptors (Lipinski definition) is 7. The number of aryl methyl sites for hydroxylation is 1. The molecule has 1 unspecified atom stereocenters. The van der Waals surface area contributed by atoms with Crippen molar-refractivity contribution in [3.8, 4) is 11.4 Å². The number of carbonyl (C=O) groups is 1. The molecule has 1 saturated heterocycles. The molecule has 1 fully saturated rings. The van der Waals surface area contributed by atoms with Crippen molar-refractivity contribution in [3.63, 3.8) is 0 Å². The second kappa shape index (κ2) is 8.79. The molecule has 1 aliphatic rings. The van der Waals surface area contributed by atoms with Gasteiger partial charge in [0.25, 0.3) is 0 Å². The Morgan fingerprint density at radius 2 is 1.91 bits per heavy atom. The van der Waals surface area contributed by atoms with Crippen LogP contribution < -0.4 is 9.62 Å². The van der Waals surface area contributed by atoms with Gasteiger partial charge in [-0.1, -0.05) is 19.0 Å². The molecule has 3 aromatic rings. The summed E-state index contributed by atoms with van der Waals surface area (Å²) in [5, 5.41) is 3.99. The summed E-state index contributed by atoms with van der Waals surface area (Å²) in [7, 11) is -3.88. The van der Waals surface area contributed by atoms with Gasteiger partial charge in [-0.3, -0.25) is 9.78 Å². The summed E-state index contributed by atoms with van der Waals surface area (Å²) in [6.07, 6.45) is 4.57. The monoisotopic (exact) mass is 455 g/mol. The van der Waals surface area contributed by atoms with E-state index in [2.05, 4.69) is 19.8 Å². The second-order valence-corrected chi connectivity index (χ2v) is 9.82. The Hall–Kier alpha value is -3.11. The van der Waals surface area contributed by atoms with E-state index in [1.54, 1.807) is 48.5 Å². The lowest BCUT2D eigenvalue weighted by molar-refractivity contribution is -0.117. The van der Waals surface area contributed by atoms with Gasteiger partial charge in [-0.15, -0.1) is 0 Å². The fourth-order valence-corrected chi connectivity index (χ4v) is 5.27. The minimum Gasteiger partial charge on any atom is -0.337 e. The van der Waals surface area contributed by atoms with Crippen LogP contribution >= 0.6 is 0 Å². The molecule has 10 heteroatoms. The SMILES string of the molecule is Cc1cc(N2CCCC2=O)ccc1S(=O)(=O)NC(c1nc(-c2ccncc2)no1)C(C)C. The molecule has 9 nitrogen and oxygen atoms in total. The zero-order valence-electron chi connectivity index (χ0n) is 18.1. The average Bonchev–Trinajstić information content (AvgIpc) is 3.41. The molecule has 1 aliphatic heterocycles. The van der Waals surface area contributed by atoms with Gasteiger partial charge in [0.05, 0.1) is 4.90 Å². The van der Waals surface area contributed by atoms with Crippen molar-refractivity contribution in [3.05, 3.63) is 54.2 Å². The first-order valence-electron chi connectivity index (χ1n) is 10.4. The molecule has 0 spiro atoms. The van der Waals surface area contributed by atoms with Crippen LogP contribution in [0.15, 0.2) is 52.1 Å². The van der Waals surface area contributed by atoms with Crippen molar-refractivity contribution in [2.45, 2.75) is 44.6 Å². The molecule has 1 N–H and O–H groups in total. The van der Waals surface area contributed by atoms with E-state index < -0.39 is 16.1 Å². The van der Waals surface area contributed by atoms with Crippen LogP contribution in [0.4, 0.5) is 5.69 Å². The quantitative estimate of drug-likeness (QED) is 0.581. The first-order chi connectivity index (χ1) is 15.3. The molecule has 3 heterocycles. The number of rotatable bonds is 7. The number of benzene rings is 1. The smallest absolute Gasteiger partial charge is 0.245 e. The van der Waals surface area contributed by atoms with Crippen LogP contribution in [0.1, 0.15) is 44.2 Å². The Morgan fingerprint density at radius 1 is 1.16 bits per heavy atom. The minimum absolute atomic E-state index is 0.0550. The number of hydrogen-bond donors (Lipinski definition) is 1. The van der Waals surface area contributed by atoms with E-state index in [0.717, 1.165) is 12.0 Å². The van der Waals surface area contributed by atoms with Crippen LogP contribution in [-0.4, -0.2) is 36.0 Å². The second-order valence-electron chi connectivity index (χ2n) is 8.13. The number of nitrogens with one attached hydrogen (secondary N) is 1. The van der Waals surface area contributed by atoms with E-state index in [-0.39, 0.29) is 22.6 Å². The predicted octanol–water partition coefficient (Wildman–Crippen LogP) is 3.24. The molecular weight excluding hydrogens is 430 g/mol. The van der Waals surface area contributed by atoms with E-state index in [0.29, 0.717) is 30.0 Å². The van der Waals surface area contributed by atoms with Gasteiger partial charge < -0.3 is 9.42 Å². The zero-order valence-corrected chi connectivity index (χ0v) is 19.0. The Labute approximate surface area is 186 Å². The lowest BCUT2D eigenvalue weighted by Crippen LogP contribution is -2.32. The number of sulfonamides is 1. The van der Waals surface area contributed by atoms with Crippen molar-refractivity contribution in [2.75, 3.05) is 11.4 Å². The third-order valence-corrected chi connectivity index (χ3v) is 7.03. The summed E-state index contributed by atoms with van der Waals surface area (Å²) in [4.78, 5) is 22.2. The molecule has 0 radical (unpaired) electrons. The highest BCUT2D eigenvalue weighted by Gasteiger charge is 2.30. The molecule has 4 rings (SSSR count). The molecule has 0 bridgehead atoms.